The zero-order chi connectivity index (χ0) is 15.2. The molecule has 21 heavy (non-hydrogen) atoms. The van der Waals surface area contributed by atoms with Crippen LogP contribution in [0.15, 0.2) is 12.3 Å². The Kier molecular flexibility index (Phi) is 6.14. The lowest BCUT2D eigenvalue weighted by Gasteiger charge is -2.20. The number of carbonyl (C=O) groups is 2. The first-order valence-corrected chi connectivity index (χ1v) is 8.44. The Morgan fingerprint density at radius 1 is 1.33 bits per heavy atom. The molecule has 1 saturated heterocycles. The van der Waals surface area contributed by atoms with E-state index in [-0.39, 0.29) is 28.2 Å². The van der Waals surface area contributed by atoms with Crippen LogP contribution in [0.3, 0.4) is 0 Å². The Hall–Kier alpha value is -0.980. The quantitative estimate of drug-likeness (QED) is 0.850. The lowest BCUT2D eigenvalue weighted by Crippen LogP contribution is -2.41. The average molecular weight is 348 g/mol. The van der Waals surface area contributed by atoms with Crippen molar-refractivity contribution in [3.05, 3.63) is 28.0 Å². The topological polar surface area (TPSA) is 62.3 Å². The van der Waals surface area contributed by atoms with Gasteiger partial charge in [0.25, 0.3) is 5.91 Å². The van der Waals surface area contributed by atoms with Crippen LogP contribution in [0.1, 0.15) is 16.8 Å². The Morgan fingerprint density at radius 3 is 2.90 bits per heavy atom. The van der Waals surface area contributed by atoms with E-state index in [0.29, 0.717) is 0 Å². The van der Waals surface area contributed by atoms with E-state index in [0.717, 1.165) is 31.0 Å². The normalized spacial score (nSPS) is 15.4. The van der Waals surface area contributed by atoms with Gasteiger partial charge in [0.2, 0.25) is 5.91 Å². The fraction of sp³-hybridized carbons (Fsp3) is 0.462. The third-order valence-corrected chi connectivity index (χ3v) is 4.77. The molecular weight excluding hydrogens is 333 g/mol. The maximum absolute atomic E-state index is 12.0. The molecule has 0 atom stereocenters. The third kappa shape index (κ3) is 4.76. The molecule has 0 unspecified atom stereocenters. The molecule has 0 aromatic carbocycles. The maximum atomic E-state index is 12.0. The predicted molar refractivity (Wildman–Crippen MR) is 85.1 cm³/mol. The number of thioether (sulfide) groups is 1. The van der Waals surface area contributed by atoms with Crippen molar-refractivity contribution in [2.45, 2.75) is 6.42 Å². The van der Waals surface area contributed by atoms with Gasteiger partial charge in [0.15, 0.2) is 0 Å². The number of hydrogen-bond acceptors (Lipinski definition) is 4. The Morgan fingerprint density at radius 2 is 2.14 bits per heavy atom. The molecular formula is C13H15Cl2N3O2S. The molecule has 1 aliphatic rings. The van der Waals surface area contributed by atoms with Crippen LogP contribution in [0.4, 0.5) is 0 Å². The summed E-state index contributed by atoms with van der Waals surface area (Å²) in [4.78, 5) is 29.6. The molecule has 1 aliphatic heterocycles. The van der Waals surface area contributed by atoms with Gasteiger partial charge in [-0.25, -0.2) is 4.98 Å². The first kappa shape index (κ1) is 16.4. The first-order valence-electron chi connectivity index (χ1n) is 6.52. The number of halogens is 2. The highest BCUT2D eigenvalue weighted by atomic mass is 35.5. The van der Waals surface area contributed by atoms with Crippen molar-refractivity contribution in [1.29, 1.82) is 0 Å². The summed E-state index contributed by atoms with van der Waals surface area (Å²) in [6.45, 7) is 1.45. The lowest BCUT2D eigenvalue weighted by molar-refractivity contribution is -0.129. The molecule has 0 aliphatic carbocycles. The second kappa shape index (κ2) is 7.87. The van der Waals surface area contributed by atoms with Gasteiger partial charge in [-0.2, -0.15) is 11.8 Å². The number of carbonyl (C=O) groups excluding carboxylic acids is 2. The molecule has 1 N–H and O–H groups in total. The van der Waals surface area contributed by atoms with E-state index in [1.807, 2.05) is 11.8 Å². The molecule has 1 aromatic heterocycles. The molecule has 8 heteroatoms. The summed E-state index contributed by atoms with van der Waals surface area (Å²) >= 11 is 13.3. The van der Waals surface area contributed by atoms with E-state index < -0.39 is 5.91 Å². The van der Waals surface area contributed by atoms with E-state index >= 15 is 0 Å². The van der Waals surface area contributed by atoms with Gasteiger partial charge in [-0.3, -0.25) is 9.59 Å². The van der Waals surface area contributed by atoms with E-state index in [1.165, 1.54) is 12.3 Å². The summed E-state index contributed by atoms with van der Waals surface area (Å²) in [6.07, 6.45) is 2.32. The molecule has 1 fully saturated rings. The molecule has 2 rings (SSSR count). The molecule has 5 nitrogen and oxygen atoms in total. The van der Waals surface area contributed by atoms with Gasteiger partial charge in [-0.1, -0.05) is 23.2 Å². The number of nitrogens with zero attached hydrogens (tertiary/aromatic N) is 2. The van der Waals surface area contributed by atoms with Crippen molar-refractivity contribution in [3.63, 3.8) is 0 Å². The first-order chi connectivity index (χ1) is 10.1. The van der Waals surface area contributed by atoms with E-state index in [1.54, 1.807) is 4.90 Å². The highest BCUT2D eigenvalue weighted by Gasteiger charge is 2.17. The number of amides is 2. The number of pyridine rings is 1. The molecule has 0 spiro atoms. The lowest BCUT2D eigenvalue weighted by atomic mass is 10.2. The molecule has 0 saturated carbocycles. The average Bonchev–Trinajstić information content (AvgIpc) is 2.76. The summed E-state index contributed by atoms with van der Waals surface area (Å²) in [5, 5.41) is 2.94. The van der Waals surface area contributed by atoms with Crippen LogP contribution in [0.2, 0.25) is 10.2 Å². The molecule has 2 amide bonds. The van der Waals surface area contributed by atoms with Crippen LogP contribution in [0, 0.1) is 0 Å². The van der Waals surface area contributed by atoms with Gasteiger partial charge in [0.05, 0.1) is 17.1 Å². The number of nitrogens with one attached hydrogen (secondary N) is 1. The van der Waals surface area contributed by atoms with Crippen LogP contribution in [0.5, 0.6) is 0 Å². The summed E-state index contributed by atoms with van der Waals surface area (Å²) in [5.41, 5.74) is 0.281. The summed E-state index contributed by atoms with van der Waals surface area (Å²) in [7, 11) is 0. The predicted octanol–water partition coefficient (Wildman–Crippen LogP) is 2.08. The Bertz CT molecular complexity index is 534. The molecule has 0 bridgehead atoms. The van der Waals surface area contributed by atoms with Crippen molar-refractivity contribution in [1.82, 2.24) is 15.2 Å². The van der Waals surface area contributed by atoms with Crippen LogP contribution in [-0.4, -0.2) is 52.8 Å². The number of hydrogen-bond donors (Lipinski definition) is 1. The van der Waals surface area contributed by atoms with Crippen LogP contribution >= 0.6 is 35.0 Å². The van der Waals surface area contributed by atoms with Crippen molar-refractivity contribution in [3.8, 4) is 0 Å². The van der Waals surface area contributed by atoms with Gasteiger partial charge in [0, 0.05) is 25.0 Å². The highest BCUT2D eigenvalue weighted by molar-refractivity contribution is 7.99. The van der Waals surface area contributed by atoms with Crippen molar-refractivity contribution in [2.75, 3.05) is 31.1 Å². The minimum Gasteiger partial charge on any atom is -0.343 e. The SMILES string of the molecule is O=C(NCC(=O)N1CCCSCC1)c1cnc(Cl)c(Cl)c1. The summed E-state index contributed by atoms with van der Waals surface area (Å²) in [5.74, 6) is 1.55. The van der Waals surface area contributed by atoms with Gasteiger partial charge < -0.3 is 10.2 Å². The van der Waals surface area contributed by atoms with Crippen LogP contribution < -0.4 is 5.32 Å². The minimum absolute atomic E-state index is 0.0241. The monoisotopic (exact) mass is 347 g/mol. The highest BCUT2D eigenvalue weighted by Crippen LogP contribution is 2.19. The van der Waals surface area contributed by atoms with Crippen molar-refractivity contribution in [2.24, 2.45) is 0 Å². The number of aromatic nitrogens is 1. The second-order valence-electron chi connectivity index (χ2n) is 4.53. The maximum Gasteiger partial charge on any atom is 0.253 e. The standard InChI is InChI=1S/C13H15Cl2N3O2S/c14-10-6-9(7-16-12(10)15)13(20)17-8-11(19)18-2-1-4-21-5-3-18/h6-7H,1-5,8H2,(H,17,20). The fourth-order valence-corrected chi connectivity index (χ4v) is 3.07. The fourth-order valence-electron chi connectivity index (χ4n) is 1.91. The summed E-state index contributed by atoms with van der Waals surface area (Å²) < 4.78 is 0. The van der Waals surface area contributed by atoms with Gasteiger partial charge >= 0.3 is 0 Å². The third-order valence-electron chi connectivity index (χ3n) is 3.03. The van der Waals surface area contributed by atoms with E-state index in [4.69, 9.17) is 23.2 Å². The molecule has 114 valence electrons. The van der Waals surface area contributed by atoms with Crippen molar-refractivity contribution < 1.29 is 9.59 Å². The summed E-state index contributed by atoms with van der Waals surface area (Å²) in [6, 6.07) is 1.43. The van der Waals surface area contributed by atoms with E-state index in [9.17, 15) is 9.59 Å². The second-order valence-corrected chi connectivity index (χ2v) is 6.52. The molecule has 2 heterocycles. The van der Waals surface area contributed by atoms with E-state index in [2.05, 4.69) is 10.3 Å². The van der Waals surface area contributed by atoms with Crippen LogP contribution in [0.25, 0.3) is 0 Å². The zero-order valence-corrected chi connectivity index (χ0v) is 13.6. The van der Waals surface area contributed by atoms with Gasteiger partial charge in [0.1, 0.15) is 5.15 Å². The zero-order valence-electron chi connectivity index (χ0n) is 11.3. The largest absolute Gasteiger partial charge is 0.343 e. The number of rotatable bonds is 3. The molecule has 1 aromatic rings. The van der Waals surface area contributed by atoms with Crippen molar-refractivity contribution >= 4 is 46.8 Å². The minimum atomic E-state index is -0.390. The molecule has 0 radical (unpaired) electrons. The van der Waals surface area contributed by atoms with Gasteiger partial charge in [-0.05, 0) is 18.2 Å². The Labute approximate surface area is 137 Å². The van der Waals surface area contributed by atoms with Gasteiger partial charge in [-0.15, -0.1) is 0 Å². The van der Waals surface area contributed by atoms with Crippen LogP contribution in [-0.2, 0) is 4.79 Å². The Balaban J connectivity index is 1.87. The smallest absolute Gasteiger partial charge is 0.253 e.